The number of benzene rings is 1. The third-order valence-electron chi connectivity index (χ3n) is 5.47. The van der Waals surface area contributed by atoms with E-state index in [4.69, 9.17) is 0 Å². The first-order chi connectivity index (χ1) is 12.6. The van der Waals surface area contributed by atoms with Gasteiger partial charge in [-0.25, -0.2) is 0 Å². The molecule has 0 spiro atoms. The van der Waals surface area contributed by atoms with Crippen molar-refractivity contribution in [2.75, 3.05) is 19.6 Å². The lowest BCUT2D eigenvalue weighted by molar-refractivity contribution is -0.134. The van der Waals surface area contributed by atoms with Crippen LogP contribution in [0.15, 0.2) is 30.3 Å². The van der Waals surface area contributed by atoms with Gasteiger partial charge in [0.1, 0.15) is 0 Å². The van der Waals surface area contributed by atoms with Crippen molar-refractivity contribution in [1.82, 2.24) is 19.6 Å². The minimum absolute atomic E-state index is 0.175. The third-order valence-corrected chi connectivity index (χ3v) is 5.47. The van der Waals surface area contributed by atoms with Crippen molar-refractivity contribution >= 4 is 5.91 Å². The second-order valence-electron chi connectivity index (χ2n) is 7.25. The van der Waals surface area contributed by atoms with Gasteiger partial charge in [0.05, 0.1) is 37.1 Å². The lowest BCUT2D eigenvalue weighted by Gasteiger charge is -2.32. The zero-order chi connectivity index (χ0) is 18.1. The number of aliphatic hydroxyl groups is 1. The molecule has 26 heavy (non-hydrogen) atoms. The molecule has 4 rings (SSSR count). The summed E-state index contributed by atoms with van der Waals surface area (Å²) < 4.78 is 1.93. The number of hydrogen-bond donors (Lipinski definition) is 1. The van der Waals surface area contributed by atoms with Gasteiger partial charge in [-0.1, -0.05) is 31.2 Å². The molecule has 0 unspecified atom stereocenters. The molecule has 0 aliphatic carbocycles. The smallest absolute Gasteiger partial charge is 0.237 e. The van der Waals surface area contributed by atoms with E-state index in [0.717, 1.165) is 25.2 Å². The SMILES string of the molecule is CC[C@@H](O)c1cc2n(n1)CCN(C(=O)CN1CCc3ccccc3C1)C2. The quantitative estimate of drug-likeness (QED) is 0.908. The van der Waals surface area contributed by atoms with E-state index >= 15 is 0 Å². The molecule has 2 aliphatic rings. The highest BCUT2D eigenvalue weighted by Gasteiger charge is 2.26. The molecule has 0 radical (unpaired) electrons. The number of aliphatic hydroxyl groups excluding tert-OH is 1. The van der Waals surface area contributed by atoms with Gasteiger partial charge in [-0.3, -0.25) is 14.4 Å². The lowest BCUT2D eigenvalue weighted by Crippen LogP contribution is -2.45. The summed E-state index contributed by atoms with van der Waals surface area (Å²) in [6, 6.07) is 10.4. The van der Waals surface area contributed by atoms with Crippen LogP contribution in [0, 0.1) is 0 Å². The van der Waals surface area contributed by atoms with Gasteiger partial charge < -0.3 is 10.0 Å². The van der Waals surface area contributed by atoms with Crippen LogP contribution in [0.5, 0.6) is 0 Å². The van der Waals surface area contributed by atoms with Crippen molar-refractivity contribution in [3.63, 3.8) is 0 Å². The fourth-order valence-corrected chi connectivity index (χ4v) is 3.85. The molecule has 1 N–H and O–H groups in total. The summed E-state index contributed by atoms with van der Waals surface area (Å²) in [5, 5.41) is 14.5. The number of carbonyl (C=O) groups is 1. The maximum absolute atomic E-state index is 12.8. The summed E-state index contributed by atoms with van der Waals surface area (Å²) in [6.45, 7) is 6.14. The highest BCUT2D eigenvalue weighted by Crippen LogP contribution is 2.21. The molecule has 2 aliphatic heterocycles. The van der Waals surface area contributed by atoms with Crippen LogP contribution in [0.3, 0.4) is 0 Å². The first-order valence-electron chi connectivity index (χ1n) is 9.45. The highest BCUT2D eigenvalue weighted by molar-refractivity contribution is 5.78. The molecule has 1 aromatic heterocycles. The molecule has 0 saturated heterocycles. The summed E-state index contributed by atoms with van der Waals surface area (Å²) in [5.41, 5.74) is 4.46. The maximum atomic E-state index is 12.8. The van der Waals surface area contributed by atoms with Crippen LogP contribution in [-0.2, 0) is 30.8 Å². The molecule has 6 heteroatoms. The Morgan fingerprint density at radius 3 is 2.81 bits per heavy atom. The maximum Gasteiger partial charge on any atom is 0.237 e. The second-order valence-corrected chi connectivity index (χ2v) is 7.25. The van der Waals surface area contributed by atoms with E-state index in [1.165, 1.54) is 11.1 Å². The lowest BCUT2D eigenvalue weighted by atomic mass is 10.00. The second kappa shape index (κ2) is 7.21. The molecule has 0 fully saturated rings. The first kappa shape index (κ1) is 17.2. The van der Waals surface area contributed by atoms with E-state index in [-0.39, 0.29) is 5.91 Å². The van der Waals surface area contributed by atoms with Gasteiger partial charge in [0.2, 0.25) is 5.91 Å². The van der Waals surface area contributed by atoms with E-state index < -0.39 is 6.10 Å². The fourth-order valence-electron chi connectivity index (χ4n) is 3.85. The number of fused-ring (bicyclic) bond motifs is 2. The number of aromatic nitrogens is 2. The molecule has 2 aromatic rings. The van der Waals surface area contributed by atoms with Crippen molar-refractivity contribution in [2.45, 2.75) is 45.5 Å². The molecule has 0 bridgehead atoms. The van der Waals surface area contributed by atoms with Crippen molar-refractivity contribution in [1.29, 1.82) is 0 Å². The van der Waals surface area contributed by atoms with Crippen molar-refractivity contribution in [3.8, 4) is 0 Å². The Bertz CT molecular complexity index is 801. The molecular weight excluding hydrogens is 328 g/mol. The molecule has 0 saturated carbocycles. The Kier molecular flexibility index (Phi) is 4.78. The number of carbonyl (C=O) groups excluding carboxylic acids is 1. The Hall–Kier alpha value is -2.18. The molecule has 1 amide bonds. The first-order valence-corrected chi connectivity index (χ1v) is 9.45. The number of rotatable bonds is 4. The average Bonchev–Trinajstić information content (AvgIpc) is 3.10. The number of nitrogens with zero attached hydrogens (tertiary/aromatic N) is 4. The van der Waals surface area contributed by atoms with Gasteiger partial charge >= 0.3 is 0 Å². The van der Waals surface area contributed by atoms with Crippen LogP contribution in [-0.4, -0.2) is 50.2 Å². The standard InChI is InChI=1S/C20H26N4O2/c1-2-19(25)18-11-17-13-23(9-10-24(17)21-18)20(26)14-22-8-7-15-5-3-4-6-16(15)12-22/h3-6,11,19,25H,2,7-10,12-14H2,1H3/t19-/m1/s1. The van der Waals surface area contributed by atoms with Gasteiger partial charge in [0.25, 0.3) is 0 Å². The van der Waals surface area contributed by atoms with E-state index in [0.29, 0.717) is 38.3 Å². The molecule has 3 heterocycles. The van der Waals surface area contributed by atoms with Crippen LogP contribution >= 0.6 is 0 Å². The number of hydrogen-bond acceptors (Lipinski definition) is 4. The van der Waals surface area contributed by atoms with Gasteiger partial charge in [-0.15, -0.1) is 0 Å². The Balaban J connectivity index is 1.38. The van der Waals surface area contributed by atoms with Gasteiger partial charge in [-0.05, 0) is 30.0 Å². The van der Waals surface area contributed by atoms with Crippen molar-refractivity contribution in [3.05, 3.63) is 52.8 Å². The summed E-state index contributed by atoms with van der Waals surface area (Å²) in [6.07, 6.45) is 1.13. The van der Waals surface area contributed by atoms with E-state index in [9.17, 15) is 9.90 Å². The summed E-state index contributed by atoms with van der Waals surface area (Å²) in [7, 11) is 0. The Morgan fingerprint density at radius 1 is 1.19 bits per heavy atom. The van der Waals surface area contributed by atoms with Crippen LogP contribution < -0.4 is 0 Å². The zero-order valence-corrected chi connectivity index (χ0v) is 15.3. The summed E-state index contributed by atoms with van der Waals surface area (Å²) in [4.78, 5) is 16.9. The zero-order valence-electron chi connectivity index (χ0n) is 15.3. The average molecular weight is 354 g/mol. The topological polar surface area (TPSA) is 61.6 Å². The molecule has 1 aromatic carbocycles. The normalized spacial score (nSPS) is 18.3. The number of amides is 1. The van der Waals surface area contributed by atoms with Crippen LogP contribution in [0.4, 0.5) is 0 Å². The van der Waals surface area contributed by atoms with Crippen molar-refractivity contribution in [2.24, 2.45) is 0 Å². The van der Waals surface area contributed by atoms with Gasteiger partial charge in [-0.2, -0.15) is 5.10 Å². The Morgan fingerprint density at radius 2 is 2.00 bits per heavy atom. The van der Waals surface area contributed by atoms with Gasteiger partial charge in [0, 0.05) is 19.6 Å². The van der Waals surface area contributed by atoms with E-state index in [1.54, 1.807) is 0 Å². The monoisotopic (exact) mass is 354 g/mol. The van der Waals surface area contributed by atoms with Gasteiger partial charge in [0.15, 0.2) is 0 Å². The predicted octanol–water partition coefficient (Wildman–Crippen LogP) is 1.73. The minimum atomic E-state index is -0.523. The summed E-state index contributed by atoms with van der Waals surface area (Å²) in [5.74, 6) is 0.175. The highest BCUT2D eigenvalue weighted by atomic mass is 16.3. The molecular formula is C20H26N4O2. The van der Waals surface area contributed by atoms with Crippen molar-refractivity contribution < 1.29 is 9.90 Å². The van der Waals surface area contributed by atoms with Crippen LogP contribution in [0.2, 0.25) is 0 Å². The predicted molar refractivity (Wildman–Crippen MR) is 98.3 cm³/mol. The molecule has 6 nitrogen and oxygen atoms in total. The molecule has 1 atom stereocenters. The Labute approximate surface area is 154 Å². The minimum Gasteiger partial charge on any atom is -0.387 e. The van der Waals surface area contributed by atoms with Crippen LogP contribution in [0.25, 0.3) is 0 Å². The van der Waals surface area contributed by atoms with Crippen LogP contribution in [0.1, 0.15) is 42.0 Å². The van der Waals surface area contributed by atoms with E-state index in [1.807, 2.05) is 22.6 Å². The largest absolute Gasteiger partial charge is 0.387 e. The fraction of sp³-hybridized carbons (Fsp3) is 0.500. The van der Waals surface area contributed by atoms with E-state index in [2.05, 4.69) is 34.3 Å². The summed E-state index contributed by atoms with van der Waals surface area (Å²) >= 11 is 0. The molecule has 138 valence electrons. The third kappa shape index (κ3) is 3.39.